The molecule has 0 aliphatic carbocycles. The number of carbonyl (C=O) groups is 1. The molecule has 0 radical (unpaired) electrons. The van der Waals surface area contributed by atoms with Crippen molar-refractivity contribution in [3.8, 4) is 5.75 Å². The van der Waals surface area contributed by atoms with Gasteiger partial charge in [-0.1, -0.05) is 12.1 Å². The Hall–Kier alpha value is -2.86. The molecule has 0 saturated heterocycles. The predicted octanol–water partition coefficient (Wildman–Crippen LogP) is 2.79. The number of rotatable bonds is 2. The topological polar surface area (TPSA) is 74.4 Å². The van der Waals surface area contributed by atoms with Crippen LogP contribution in [0, 0.1) is 5.82 Å². The molecule has 2 unspecified atom stereocenters. The number of halogens is 1. The Morgan fingerprint density at radius 2 is 2.12 bits per heavy atom. The average molecular weight is 340 g/mol. The number of phenols is 1. The fourth-order valence-corrected chi connectivity index (χ4v) is 3.52. The second-order valence-corrected chi connectivity index (χ2v) is 6.18. The van der Waals surface area contributed by atoms with Gasteiger partial charge in [0.1, 0.15) is 17.6 Å². The quantitative estimate of drug-likeness (QED) is 0.627. The maximum atomic E-state index is 13.7. The van der Waals surface area contributed by atoms with E-state index in [1.807, 2.05) is 6.07 Å². The summed E-state index contributed by atoms with van der Waals surface area (Å²) in [6.45, 7) is 0. The number of hydrogen-bond donors (Lipinski definition) is 3. The Bertz CT molecular complexity index is 966. The lowest BCUT2D eigenvalue weighted by Crippen LogP contribution is -2.45. The summed E-state index contributed by atoms with van der Waals surface area (Å²) in [6, 6.07) is 10.5. The zero-order chi connectivity index (χ0) is 17.6. The highest BCUT2D eigenvalue weighted by Gasteiger charge is 2.34. The first-order valence-electron chi connectivity index (χ1n) is 7.99. The molecule has 1 aliphatic rings. The van der Waals surface area contributed by atoms with Crippen molar-refractivity contribution in [2.45, 2.75) is 18.5 Å². The van der Waals surface area contributed by atoms with E-state index in [0.717, 1.165) is 27.7 Å². The van der Waals surface area contributed by atoms with Gasteiger partial charge in [0, 0.05) is 23.0 Å². The third-order valence-corrected chi connectivity index (χ3v) is 4.66. The number of fused-ring (bicyclic) bond motifs is 3. The van der Waals surface area contributed by atoms with E-state index in [-0.39, 0.29) is 23.6 Å². The molecule has 1 aliphatic heterocycles. The molecule has 25 heavy (non-hydrogen) atoms. The Balaban J connectivity index is 1.90. The van der Waals surface area contributed by atoms with Crippen molar-refractivity contribution in [2.75, 3.05) is 7.11 Å². The van der Waals surface area contributed by atoms with Crippen LogP contribution >= 0.6 is 0 Å². The van der Waals surface area contributed by atoms with Crippen molar-refractivity contribution in [2.24, 2.45) is 0 Å². The van der Waals surface area contributed by atoms with E-state index < -0.39 is 6.04 Å². The smallest absolute Gasteiger partial charge is 0.323 e. The first-order valence-corrected chi connectivity index (χ1v) is 7.99. The van der Waals surface area contributed by atoms with Crippen LogP contribution in [0.4, 0.5) is 4.39 Å². The molecule has 3 N–H and O–H groups in total. The fourth-order valence-electron chi connectivity index (χ4n) is 3.52. The number of methoxy groups -OCH3 is 1. The van der Waals surface area contributed by atoms with Gasteiger partial charge < -0.3 is 14.8 Å². The number of aromatic nitrogens is 1. The summed E-state index contributed by atoms with van der Waals surface area (Å²) in [7, 11) is 1.35. The third-order valence-electron chi connectivity index (χ3n) is 4.66. The summed E-state index contributed by atoms with van der Waals surface area (Å²) < 4.78 is 18.6. The zero-order valence-corrected chi connectivity index (χ0v) is 13.5. The van der Waals surface area contributed by atoms with Crippen molar-refractivity contribution < 1.29 is 19.0 Å². The van der Waals surface area contributed by atoms with Gasteiger partial charge in [0.05, 0.1) is 13.2 Å². The molecule has 0 bridgehead atoms. The normalized spacial score (nSPS) is 19.6. The van der Waals surface area contributed by atoms with E-state index in [2.05, 4.69) is 10.3 Å². The number of esters is 1. The minimum absolute atomic E-state index is 0.142. The number of ether oxygens (including phenoxy) is 1. The van der Waals surface area contributed by atoms with Crippen molar-refractivity contribution in [1.29, 1.82) is 0 Å². The summed E-state index contributed by atoms with van der Waals surface area (Å²) in [5.41, 5.74) is 3.37. The number of aromatic hydroxyl groups is 1. The Morgan fingerprint density at radius 3 is 2.88 bits per heavy atom. The monoisotopic (exact) mass is 340 g/mol. The maximum absolute atomic E-state index is 13.7. The van der Waals surface area contributed by atoms with Crippen LogP contribution < -0.4 is 5.32 Å². The van der Waals surface area contributed by atoms with Gasteiger partial charge in [-0.25, -0.2) is 4.39 Å². The third kappa shape index (κ3) is 2.64. The van der Waals surface area contributed by atoms with Gasteiger partial charge >= 0.3 is 5.97 Å². The van der Waals surface area contributed by atoms with E-state index in [0.29, 0.717) is 6.42 Å². The van der Waals surface area contributed by atoms with Crippen LogP contribution in [0.25, 0.3) is 10.9 Å². The minimum atomic E-state index is -0.549. The van der Waals surface area contributed by atoms with Crippen LogP contribution in [-0.2, 0) is 16.0 Å². The molecule has 3 aromatic rings. The second-order valence-electron chi connectivity index (χ2n) is 6.18. The number of benzene rings is 2. The molecular formula is C19H17FN2O3. The molecule has 4 rings (SSSR count). The second kappa shape index (κ2) is 5.89. The van der Waals surface area contributed by atoms with Crippen LogP contribution in [0.3, 0.4) is 0 Å². The van der Waals surface area contributed by atoms with Gasteiger partial charge in [0.25, 0.3) is 0 Å². The molecule has 0 saturated carbocycles. The molecule has 5 nitrogen and oxygen atoms in total. The molecular weight excluding hydrogens is 323 g/mol. The minimum Gasteiger partial charge on any atom is -0.508 e. The van der Waals surface area contributed by atoms with Crippen LogP contribution in [-0.4, -0.2) is 29.2 Å². The van der Waals surface area contributed by atoms with Gasteiger partial charge in [0.2, 0.25) is 0 Å². The molecule has 2 aromatic carbocycles. The Kier molecular flexibility index (Phi) is 3.69. The van der Waals surface area contributed by atoms with Gasteiger partial charge in [-0.05, 0) is 41.5 Å². The molecule has 128 valence electrons. The van der Waals surface area contributed by atoms with Crippen molar-refractivity contribution in [3.05, 3.63) is 65.1 Å². The van der Waals surface area contributed by atoms with Crippen LogP contribution in [0.15, 0.2) is 42.5 Å². The molecule has 6 heteroatoms. The fraction of sp³-hybridized carbons (Fsp3) is 0.211. The number of nitrogens with one attached hydrogen (secondary N) is 2. The van der Waals surface area contributed by atoms with Gasteiger partial charge in [0.15, 0.2) is 0 Å². The van der Waals surface area contributed by atoms with Crippen LogP contribution in [0.1, 0.15) is 22.9 Å². The lowest BCUT2D eigenvalue weighted by Gasteiger charge is -2.30. The van der Waals surface area contributed by atoms with Gasteiger partial charge in [-0.2, -0.15) is 0 Å². The summed E-state index contributed by atoms with van der Waals surface area (Å²) in [5.74, 6) is -0.555. The summed E-state index contributed by atoms with van der Waals surface area (Å²) in [6.07, 6.45) is 0.404. The number of H-pyrrole nitrogens is 1. The molecule has 2 heterocycles. The summed E-state index contributed by atoms with van der Waals surface area (Å²) >= 11 is 0. The predicted molar refractivity (Wildman–Crippen MR) is 90.9 cm³/mol. The van der Waals surface area contributed by atoms with E-state index >= 15 is 0 Å². The Morgan fingerprint density at radius 1 is 1.28 bits per heavy atom. The number of phenolic OH excluding ortho intramolecular Hbond substituents is 1. The number of hydrogen-bond acceptors (Lipinski definition) is 4. The van der Waals surface area contributed by atoms with E-state index in [1.54, 1.807) is 24.3 Å². The highest BCUT2D eigenvalue weighted by atomic mass is 19.1. The van der Waals surface area contributed by atoms with Gasteiger partial charge in [-0.3, -0.25) is 10.1 Å². The van der Waals surface area contributed by atoms with Crippen molar-refractivity contribution in [3.63, 3.8) is 0 Å². The van der Waals surface area contributed by atoms with Crippen LogP contribution in [0.5, 0.6) is 5.75 Å². The average Bonchev–Trinajstić information content (AvgIpc) is 2.98. The molecule has 0 amide bonds. The molecule has 1 aromatic heterocycles. The standard InChI is InChI=1S/C19H17FN2O3/c1-25-19(24)16-9-14-13-8-11(20)5-6-15(13)21-18(14)17(22-16)10-3-2-4-12(23)7-10/h2-8,16-17,21-23H,9H2,1H3. The maximum Gasteiger partial charge on any atom is 0.323 e. The molecule has 0 fully saturated rings. The van der Waals surface area contributed by atoms with Crippen LogP contribution in [0.2, 0.25) is 0 Å². The van der Waals surface area contributed by atoms with Crippen molar-refractivity contribution >= 4 is 16.9 Å². The first-order chi connectivity index (χ1) is 12.1. The SMILES string of the molecule is COC(=O)C1Cc2c([nH]c3ccc(F)cc23)C(c2cccc(O)c2)N1. The summed E-state index contributed by atoms with van der Waals surface area (Å²) in [5, 5.41) is 13.8. The highest BCUT2D eigenvalue weighted by Crippen LogP contribution is 2.36. The number of carbonyl (C=O) groups excluding carboxylic acids is 1. The van der Waals surface area contributed by atoms with E-state index in [1.165, 1.54) is 19.2 Å². The van der Waals surface area contributed by atoms with E-state index in [9.17, 15) is 14.3 Å². The molecule has 0 spiro atoms. The summed E-state index contributed by atoms with van der Waals surface area (Å²) in [4.78, 5) is 15.5. The Labute approximate surface area is 143 Å². The molecule has 2 atom stereocenters. The highest BCUT2D eigenvalue weighted by molar-refractivity contribution is 5.87. The van der Waals surface area contributed by atoms with E-state index in [4.69, 9.17) is 4.74 Å². The lowest BCUT2D eigenvalue weighted by atomic mass is 9.90. The van der Waals surface area contributed by atoms with Gasteiger partial charge in [-0.15, -0.1) is 0 Å². The lowest BCUT2D eigenvalue weighted by molar-refractivity contribution is -0.143. The number of aromatic amines is 1. The first kappa shape index (κ1) is 15.7. The zero-order valence-electron chi connectivity index (χ0n) is 13.5. The largest absolute Gasteiger partial charge is 0.508 e. The van der Waals surface area contributed by atoms with Crippen molar-refractivity contribution in [1.82, 2.24) is 10.3 Å².